The molecule has 0 bridgehead atoms. The lowest BCUT2D eigenvalue weighted by atomic mass is 9.45. The summed E-state index contributed by atoms with van der Waals surface area (Å²) in [5, 5.41) is 4.47. The van der Waals surface area contributed by atoms with Crippen LogP contribution in [0.15, 0.2) is 17.3 Å². The van der Waals surface area contributed by atoms with Gasteiger partial charge in [0.1, 0.15) is 6.61 Å². The maximum atomic E-state index is 5.54. The molecule has 6 atom stereocenters. The summed E-state index contributed by atoms with van der Waals surface area (Å²) in [5.41, 5.74) is 9.36. The van der Waals surface area contributed by atoms with E-state index in [9.17, 15) is 0 Å². The highest BCUT2D eigenvalue weighted by molar-refractivity contribution is 5.85. The van der Waals surface area contributed by atoms with E-state index in [-0.39, 0.29) is 0 Å². The van der Waals surface area contributed by atoms with E-state index in [2.05, 4.69) is 25.6 Å². The number of hydrogen-bond acceptors (Lipinski definition) is 3. The molecule has 26 heavy (non-hydrogen) atoms. The van der Waals surface area contributed by atoms with Gasteiger partial charge in [0.25, 0.3) is 0 Å². The Morgan fingerprint density at radius 2 is 1.96 bits per heavy atom. The Labute approximate surface area is 159 Å². The average Bonchev–Trinajstić information content (AvgIpc) is 2.94. The van der Waals surface area contributed by atoms with Gasteiger partial charge in [0.15, 0.2) is 0 Å². The lowest BCUT2D eigenvalue weighted by Crippen LogP contribution is -2.52. The summed E-state index contributed by atoms with van der Waals surface area (Å²) in [6.07, 6.45) is 12.8. The Hall–Kier alpha value is -0.830. The summed E-state index contributed by atoms with van der Waals surface area (Å²) < 4.78 is 0. The summed E-state index contributed by atoms with van der Waals surface area (Å²) in [7, 11) is 0. The van der Waals surface area contributed by atoms with Crippen molar-refractivity contribution in [2.75, 3.05) is 13.2 Å². The van der Waals surface area contributed by atoms with E-state index in [1.165, 1.54) is 50.7 Å². The molecule has 0 aromatic rings. The van der Waals surface area contributed by atoms with Crippen LogP contribution in [0.1, 0.15) is 78.1 Å². The Balaban J connectivity index is 1.46. The Bertz CT molecular complexity index is 585. The number of allylic oxidation sites excluding steroid dienone is 1. The number of fused-ring (bicyclic) bond motifs is 5. The average molecular weight is 359 g/mol. The lowest BCUT2D eigenvalue weighted by molar-refractivity contribution is -0.0859. The third-order valence-electron chi connectivity index (χ3n) is 9.09. The van der Waals surface area contributed by atoms with Crippen molar-refractivity contribution >= 4 is 5.71 Å². The molecule has 0 aromatic heterocycles. The molecule has 0 aromatic carbocycles. The Morgan fingerprint density at radius 3 is 2.77 bits per heavy atom. The molecule has 2 N–H and O–H groups in total. The predicted molar refractivity (Wildman–Crippen MR) is 108 cm³/mol. The van der Waals surface area contributed by atoms with E-state index in [1.807, 2.05) is 0 Å². The molecule has 0 amide bonds. The first-order valence-electron chi connectivity index (χ1n) is 11.0. The topological polar surface area (TPSA) is 47.6 Å². The van der Waals surface area contributed by atoms with Gasteiger partial charge in [-0.1, -0.05) is 31.2 Å². The second-order valence-corrected chi connectivity index (χ2v) is 10.1. The SMILES string of the molecule is C=C1CCC2C3CCC4C/C(=N/OCCCN)CC[C@]4(C)C3CC[C@]12C. The molecule has 0 aliphatic heterocycles. The first-order valence-corrected chi connectivity index (χ1v) is 11.0. The molecule has 3 nitrogen and oxygen atoms in total. The minimum atomic E-state index is 0.447. The molecule has 0 radical (unpaired) electrons. The van der Waals surface area contributed by atoms with Crippen molar-refractivity contribution in [2.45, 2.75) is 78.1 Å². The summed E-state index contributed by atoms with van der Waals surface area (Å²) in [6, 6.07) is 0. The third kappa shape index (κ3) is 2.85. The van der Waals surface area contributed by atoms with E-state index >= 15 is 0 Å². The molecule has 3 heteroatoms. The van der Waals surface area contributed by atoms with Gasteiger partial charge in [-0.05, 0) is 105 Å². The molecule has 4 aliphatic rings. The second kappa shape index (κ2) is 6.96. The number of oxime groups is 1. The molecule has 4 saturated carbocycles. The van der Waals surface area contributed by atoms with Gasteiger partial charge in [0.2, 0.25) is 0 Å². The molecule has 4 rings (SSSR count). The van der Waals surface area contributed by atoms with Crippen LogP contribution in [-0.4, -0.2) is 18.9 Å². The molecule has 4 fully saturated rings. The fraction of sp³-hybridized carbons (Fsp3) is 0.870. The van der Waals surface area contributed by atoms with Crippen LogP contribution < -0.4 is 5.73 Å². The first-order chi connectivity index (χ1) is 12.5. The largest absolute Gasteiger partial charge is 0.396 e. The van der Waals surface area contributed by atoms with E-state index < -0.39 is 0 Å². The third-order valence-corrected chi connectivity index (χ3v) is 9.09. The number of nitrogens with two attached hydrogens (primary N) is 1. The zero-order chi connectivity index (χ0) is 18.4. The van der Waals surface area contributed by atoms with Crippen LogP contribution >= 0.6 is 0 Å². The minimum absolute atomic E-state index is 0.447. The van der Waals surface area contributed by atoms with E-state index in [0.717, 1.165) is 42.9 Å². The predicted octanol–water partition coefficient (Wildman–Crippen LogP) is 5.31. The van der Waals surface area contributed by atoms with Gasteiger partial charge < -0.3 is 10.6 Å². The highest BCUT2D eigenvalue weighted by Gasteiger charge is 2.58. The molecule has 0 heterocycles. The van der Waals surface area contributed by atoms with Gasteiger partial charge in [-0.25, -0.2) is 0 Å². The van der Waals surface area contributed by atoms with Crippen molar-refractivity contribution in [1.29, 1.82) is 0 Å². The van der Waals surface area contributed by atoms with Crippen LogP contribution in [0.2, 0.25) is 0 Å². The van der Waals surface area contributed by atoms with Gasteiger partial charge in [-0.2, -0.15) is 0 Å². The number of nitrogens with zero attached hydrogens (tertiary/aromatic N) is 1. The minimum Gasteiger partial charge on any atom is -0.396 e. The van der Waals surface area contributed by atoms with Crippen molar-refractivity contribution < 1.29 is 4.84 Å². The molecule has 4 unspecified atom stereocenters. The fourth-order valence-electron chi connectivity index (χ4n) is 7.33. The number of rotatable bonds is 4. The van der Waals surface area contributed by atoms with Crippen LogP contribution in [0.3, 0.4) is 0 Å². The van der Waals surface area contributed by atoms with Crippen LogP contribution in [0, 0.1) is 34.5 Å². The van der Waals surface area contributed by atoms with Crippen LogP contribution in [0.4, 0.5) is 0 Å². The van der Waals surface area contributed by atoms with Gasteiger partial charge in [-0.3, -0.25) is 0 Å². The summed E-state index contributed by atoms with van der Waals surface area (Å²) in [5.74, 6) is 3.57. The maximum Gasteiger partial charge on any atom is 0.118 e. The summed E-state index contributed by atoms with van der Waals surface area (Å²) in [6.45, 7) is 11.0. The normalized spacial score (nSPS) is 46.6. The molecule has 0 spiro atoms. The van der Waals surface area contributed by atoms with E-state index in [1.54, 1.807) is 5.57 Å². The molecular formula is C23H38N2O. The second-order valence-electron chi connectivity index (χ2n) is 10.1. The Morgan fingerprint density at radius 1 is 1.12 bits per heavy atom. The highest BCUT2D eigenvalue weighted by atomic mass is 16.6. The standard InChI is InChI=1S/C23H38N2O/c1-16-5-8-20-19-7-6-17-15-18(25-26-14-4-13-24)9-11-23(17,3)21(19)10-12-22(16,20)2/h17,19-21H,1,4-15,24H2,2-3H3/b25-18+/t17?,19?,20?,21?,22-,23+/m1/s1. The van der Waals surface area contributed by atoms with E-state index in [0.29, 0.717) is 24.0 Å². The van der Waals surface area contributed by atoms with Gasteiger partial charge >= 0.3 is 0 Å². The van der Waals surface area contributed by atoms with E-state index in [4.69, 9.17) is 10.6 Å². The maximum absolute atomic E-state index is 5.54. The van der Waals surface area contributed by atoms with Crippen molar-refractivity contribution in [3.05, 3.63) is 12.2 Å². The van der Waals surface area contributed by atoms with Crippen LogP contribution in [0.5, 0.6) is 0 Å². The van der Waals surface area contributed by atoms with Crippen molar-refractivity contribution in [3.63, 3.8) is 0 Å². The van der Waals surface area contributed by atoms with Crippen LogP contribution in [0.25, 0.3) is 0 Å². The quantitative estimate of drug-likeness (QED) is 0.421. The van der Waals surface area contributed by atoms with Crippen LogP contribution in [-0.2, 0) is 4.84 Å². The fourth-order valence-corrected chi connectivity index (χ4v) is 7.33. The molecular weight excluding hydrogens is 320 g/mol. The first kappa shape index (κ1) is 18.5. The smallest absolute Gasteiger partial charge is 0.118 e. The number of hydrogen-bond donors (Lipinski definition) is 1. The summed E-state index contributed by atoms with van der Waals surface area (Å²) in [4.78, 5) is 5.51. The Kier molecular flexibility index (Phi) is 4.96. The van der Waals surface area contributed by atoms with Gasteiger partial charge in [0.05, 0.1) is 5.71 Å². The molecule has 0 saturated heterocycles. The highest BCUT2D eigenvalue weighted by Crippen LogP contribution is 2.66. The van der Waals surface area contributed by atoms with Gasteiger partial charge in [-0.15, -0.1) is 0 Å². The van der Waals surface area contributed by atoms with Crippen molar-refractivity contribution in [1.82, 2.24) is 0 Å². The van der Waals surface area contributed by atoms with Crippen molar-refractivity contribution in [3.8, 4) is 0 Å². The lowest BCUT2D eigenvalue weighted by Gasteiger charge is -2.60. The van der Waals surface area contributed by atoms with Crippen molar-refractivity contribution in [2.24, 2.45) is 45.4 Å². The summed E-state index contributed by atoms with van der Waals surface area (Å²) >= 11 is 0. The van der Waals surface area contributed by atoms with Gasteiger partial charge in [0, 0.05) is 0 Å². The molecule has 146 valence electrons. The molecule has 4 aliphatic carbocycles. The zero-order valence-electron chi connectivity index (χ0n) is 16.9. The monoisotopic (exact) mass is 358 g/mol. The zero-order valence-corrected chi connectivity index (χ0v) is 16.9.